The highest BCUT2D eigenvalue weighted by Crippen LogP contribution is 2.35. The van der Waals surface area contributed by atoms with E-state index in [-0.39, 0.29) is 24.3 Å². The van der Waals surface area contributed by atoms with Gasteiger partial charge < -0.3 is 19.7 Å². The first kappa shape index (κ1) is 18.8. The van der Waals surface area contributed by atoms with Crippen LogP contribution in [-0.4, -0.2) is 31.1 Å². The summed E-state index contributed by atoms with van der Waals surface area (Å²) < 4.78 is 12.3. The Kier molecular flexibility index (Phi) is 5.26. The summed E-state index contributed by atoms with van der Waals surface area (Å²) in [5.74, 6) is 1.23. The number of halogens is 1. The molecule has 6 nitrogen and oxygen atoms in total. The van der Waals surface area contributed by atoms with Crippen molar-refractivity contribution in [3.63, 3.8) is 0 Å². The van der Waals surface area contributed by atoms with Gasteiger partial charge in [-0.15, -0.1) is 0 Å². The lowest BCUT2D eigenvalue weighted by Gasteiger charge is -2.33. The Labute approximate surface area is 171 Å². The number of benzene rings is 2. The highest BCUT2D eigenvalue weighted by atomic mass is 79.9. The van der Waals surface area contributed by atoms with Crippen LogP contribution in [0.15, 0.2) is 46.9 Å². The molecule has 2 aromatic rings. The fraction of sp³-hybridized carbons (Fsp3) is 0.333. The molecular weight excluding hydrogens is 424 g/mol. The van der Waals surface area contributed by atoms with Crippen LogP contribution in [0.25, 0.3) is 0 Å². The van der Waals surface area contributed by atoms with Crippen molar-refractivity contribution in [1.82, 2.24) is 5.32 Å². The first-order valence-electron chi connectivity index (χ1n) is 9.31. The summed E-state index contributed by atoms with van der Waals surface area (Å²) in [6, 6.07) is 13.1. The van der Waals surface area contributed by atoms with Crippen molar-refractivity contribution < 1.29 is 19.1 Å². The summed E-state index contributed by atoms with van der Waals surface area (Å²) >= 11 is 3.47. The lowest BCUT2D eigenvalue weighted by atomic mass is 10.0. The smallest absolute Gasteiger partial charge is 0.267 e. The predicted molar refractivity (Wildman–Crippen MR) is 109 cm³/mol. The van der Waals surface area contributed by atoms with Crippen molar-refractivity contribution in [3.05, 3.63) is 52.5 Å². The molecule has 28 heavy (non-hydrogen) atoms. The maximum Gasteiger partial charge on any atom is 0.267 e. The molecule has 2 aliphatic heterocycles. The molecule has 2 amide bonds. The Bertz CT molecular complexity index is 917. The maximum atomic E-state index is 12.6. The lowest BCUT2D eigenvalue weighted by molar-refractivity contribution is -0.125. The van der Waals surface area contributed by atoms with Crippen LogP contribution in [0.4, 0.5) is 5.69 Å². The van der Waals surface area contributed by atoms with E-state index < -0.39 is 6.10 Å². The van der Waals surface area contributed by atoms with Gasteiger partial charge in [-0.25, -0.2) is 0 Å². The molecule has 1 N–H and O–H groups in total. The molecule has 0 aromatic heterocycles. The summed E-state index contributed by atoms with van der Waals surface area (Å²) in [5, 5.41) is 3.08. The molecule has 0 aliphatic carbocycles. The standard InChI is InChI=1S/C21H21BrN2O4/c1-13-21(26)24(17-4-2-3-5-19(17)28-13)10-8-20(25)23-16-9-11-27-18-7-6-14(22)12-15(16)18/h2-7,12-13,16H,8-11H2,1H3,(H,23,25). The normalized spacial score (nSPS) is 20.5. The van der Waals surface area contributed by atoms with Crippen LogP contribution in [0.1, 0.15) is 31.4 Å². The Morgan fingerprint density at radius 2 is 2.07 bits per heavy atom. The molecule has 0 saturated carbocycles. The van der Waals surface area contributed by atoms with Gasteiger partial charge in [0.15, 0.2) is 6.10 Å². The first-order chi connectivity index (χ1) is 13.5. The zero-order chi connectivity index (χ0) is 19.7. The summed E-state index contributed by atoms with van der Waals surface area (Å²) in [6.45, 7) is 2.60. The van der Waals surface area contributed by atoms with Crippen LogP contribution >= 0.6 is 15.9 Å². The van der Waals surface area contributed by atoms with E-state index in [4.69, 9.17) is 9.47 Å². The number of nitrogens with zero attached hydrogens (tertiary/aromatic N) is 1. The molecule has 0 bridgehead atoms. The number of fused-ring (bicyclic) bond motifs is 2. The van der Waals surface area contributed by atoms with E-state index in [0.717, 1.165) is 15.8 Å². The van der Waals surface area contributed by atoms with Crippen LogP contribution in [0.5, 0.6) is 11.5 Å². The zero-order valence-corrected chi connectivity index (χ0v) is 17.1. The molecule has 146 valence electrons. The molecule has 2 atom stereocenters. The van der Waals surface area contributed by atoms with E-state index in [0.29, 0.717) is 31.0 Å². The van der Waals surface area contributed by atoms with E-state index in [1.807, 2.05) is 42.5 Å². The van der Waals surface area contributed by atoms with Crippen LogP contribution in [0, 0.1) is 0 Å². The molecule has 0 fully saturated rings. The van der Waals surface area contributed by atoms with Crippen LogP contribution in [0.2, 0.25) is 0 Å². The van der Waals surface area contributed by atoms with Gasteiger partial charge in [0.2, 0.25) is 5.91 Å². The molecular formula is C21H21BrN2O4. The van der Waals surface area contributed by atoms with Crippen molar-refractivity contribution in [3.8, 4) is 11.5 Å². The summed E-state index contributed by atoms with van der Waals surface area (Å²) in [5.41, 5.74) is 1.68. The highest BCUT2D eigenvalue weighted by molar-refractivity contribution is 9.10. The van der Waals surface area contributed by atoms with E-state index in [2.05, 4.69) is 21.2 Å². The third-order valence-corrected chi connectivity index (χ3v) is 5.48. The molecule has 2 unspecified atom stereocenters. The average molecular weight is 445 g/mol. The van der Waals surface area contributed by atoms with Gasteiger partial charge in [0.1, 0.15) is 11.5 Å². The van der Waals surface area contributed by atoms with Crippen molar-refractivity contribution in [2.45, 2.75) is 31.9 Å². The fourth-order valence-corrected chi connectivity index (χ4v) is 3.96. The van der Waals surface area contributed by atoms with Crippen molar-refractivity contribution in [2.75, 3.05) is 18.1 Å². The molecule has 2 heterocycles. The number of carbonyl (C=O) groups excluding carboxylic acids is 2. The van der Waals surface area contributed by atoms with Gasteiger partial charge in [0.05, 0.1) is 18.3 Å². The number of anilines is 1. The van der Waals surface area contributed by atoms with Crippen LogP contribution in [0.3, 0.4) is 0 Å². The topological polar surface area (TPSA) is 67.9 Å². The number of hydrogen-bond acceptors (Lipinski definition) is 4. The summed E-state index contributed by atoms with van der Waals surface area (Å²) in [7, 11) is 0. The first-order valence-corrected chi connectivity index (χ1v) is 10.1. The highest BCUT2D eigenvalue weighted by Gasteiger charge is 2.31. The van der Waals surface area contributed by atoms with Crippen molar-refractivity contribution in [2.24, 2.45) is 0 Å². The third-order valence-electron chi connectivity index (χ3n) is 4.98. The van der Waals surface area contributed by atoms with Crippen molar-refractivity contribution >= 4 is 33.4 Å². The van der Waals surface area contributed by atoms with Gasteiger partial charge in [-0.05, 0) is 37.3 Å². The quantitative estimate of drug-likeness (QED) is 0.781. The Hall–Kier alpha value is -2.54. The number of nitrogens with one attached hydrogen (secondary N) is 1. The number of ether oxygens (including phenoxy) is 2. The van der Waals surface area contributed by atoms with E-state index in [1.54, 1.807) is 11.8 Å². The Morgan fingerprint density at radius 3 is 2.93 bits per heavy atom. The van der Waals surface area contributed by atoms with Gasteiger partial charge in [-0.1, -0.05) is 28.1 Å². The second kappa shape index (κ2) is 7.83. The minimum Gasteiger partial charge on any atom is -0.493 e. The minimum atomic E-state index is -0.558. The third kappa shape index (κ3) is 3.71. The van der Waals surface area contributed by atoms with E-state index in [9.17, 15) is 9.59 Å². The average Bonchev–Trinajstić information content (AvgIpc) is 2.69. The largest absolute Gasteiger partial charge is 0.493 e. The second-order valence-corrected chi connectivity index (χ2v) is 7.82. The molecule has 0 radical (unpaired) electrons. The monoisotopic (exact) mass is 444 g/mol. The maximum absolute atomic E-state index is 12.6. The zero-order valence-electron chi connectivity index (χ0n) is 15.5. The minimum absolute atomic E-state index is 0.0951. The Balaban J connectivity index is 1.43. The van der Waals surface area contributed by atoms with E-state index >= 15 is 0 Å². The number of para-hydroxylation sites is 2. The summed E-state index contributed by atoms with van der Waals surface area (Å²) in [6.07, 6.45) is 0.372. The summed E-state index contributed by atoms with van der Waals surface area (Å²) in [4.78, 5) is 26.8. The van der Waals surface area contributed by atoms with Crippen molar-refractivity contribution in [1.29, 1.82) is 0 Å². The second-order valence-electron chi connectivity index (χ2n) is 6.91. The fourth-order valence-electron chi connectivity index (χ4n) is 3.58. The lowest BCUT2D eigenvalue weighted by Crippen LogP contribution is -2.46. The number of rotatable bonds is 4. The van der Waals surface area contributed by atoms with Gasteiger partial charge in [-0.3, -0.25) is 9.59 Å². The van der Waals surface area contributed by atoms with Crippen LogP contribution < -0.4 is 19.7 Å². The SMILES string of the molecule is CC1Oc2ccccc2N(CCC(=O)NC2CCOc3ccc(Br)cc32)C1=O. The molecule has 0 saturated heterocycles. The van der Waals surface area contributed by atoms with Gasteiger partial charge in [0.25, 0.3) is 5.91 Å². The molecule has 4 rings (SSSR count). The van der Waals surface area contributed by atoms with Gasteiger partial charge in [-0.2, -0.15) is 0 Å². The Morgan fingerprint density at radius 1 is 1.25 bits per heavy atom. The molecule has 7 heteroatoms. The van der Waals surface area contributed by atoms with Crippen LogP contribution in [-0.2, 0) is 9.59 Å². The number of hydrogen-bond donors (Lipinski definition) is 1. The number of amides is 2. The molecule has 0 spiro atoms. The van der Waals surface area contributed by atoms with E-state index in [1.165, 1.54) is 0 Å². The van der Waals surface area contributed by atoms with Gasteiger partial charge in [0, 0.05) is 29.4 Å². The van der Waals surface area contributed by atoms with Gasteiger partial charge >= 0.3 is 0 Å². The molecule has 2 aromatic carbocycles. The molecule has 2 aliphatic rings. The number of carbonyl (C=O) groups is 2. The predicted octanol–water partition coefficient (Wildman–Crippen LogP) is 3.59.